The minimum absolute atomic E-state index is 0.135. The van der Waals surface area contributed by atoms with E-state index in [1.165, 1.54) is 0 Å². The van der Waals surface area contributed by atoms with Crippen molar-refractivity contribution in [2.75, 3.05) is 40.0 Å². The Kier molecular flexibility index (Phi) is 32.0. The molecule has 72 heavy (non-hydrogen) atoms. The molecule has 1 unspecified atom stereocenters. The molecule has 0 radical (unpaired) electrons. The quantitative estimate of drug-likeness (QED) is 0.0178. The molecule has 0 N–H and O–H groups in total. The van der Waals surface area contributed by atoms with Crippen molar-refractivity contribution in [3.63, 3.8) is 0 Å². The van der Waals surface area contributed by atoms with E-state index in [0.717, 1.165) is 0 Å². The van der Waals surface area contributed by atoms with Crippen LogP contribution in [0.25, 0.3) is 0 Å². The highest BCUT2D eigenvalue weighted by Gasteiger charge is 2.41. The molecule has 1 atom stereocenters. The monoisotopic (exact) mass is 1070 g/mol. The summed E-state index contributed by atoms with van der Waals surface area (Å²) in [6.45, 7) is 13.1. The zero-order chi connectivity index (χ0) is 57.0. The Morgan fingerprint density at radius 2 is 0.750 bits per heavy atom. The number of esters is 9. The van der Waals surface area contributed by atoms with Crippen LogP contribution in [0.2, 0.25) is 0 Å². The van der Waals surface area contributed by atoms with Gasteiger partial charge in [0.15, 0.2) is 6.10 Å². The maximum atomic E-state index is 13.2. The largest absolute Gasteiger partial charge is 0.465 e. The molecule has 28 heteroatoms. The fourth-order valence-corrected chi connectivity index (χ4v) is 3.78. The average Bonchev–Trinajstić information content (AvgIpc) is 3.22. The Morgan fingerprint density at radius 3 is 1.11 bits per heavy atom. The van der Waals surface area contributed by atoms with Gasteiger partial charge in [0.1, 0.15) is 26.1 Å². The van der Waals surface area contributed by atoms with Crippen molar-refractivity contribution in [1.82, 2.24) is 0 Å². The molecule has 0 aliphatic heterocycles. The molecule has 0 heterocycles. The lowest BCUT2D eigenvalue weighted by molar-refractivity contribution is -0.216. The molecule has 0 aromatic rings. The van der Waals surface area contributed by atoms with Crippen LogP contribution in [-0.4, -0.2) is 124 Å². The molecule has 0 bridgehead atoms. The minimum atomic E-state index is -4.65. The first-order valence-electron chi connectivity index (χ1n) is 21.9. The number of hydrogen-bond acceptors (Lipinski definition) is 18. The van der Waals surface area contributed by atoms with Crippen LogP contribution < -0.4 is 0 Å². The van der Waals surface area contributed by atoms with Crippen LogP contribution in [-0.2, 0) is 85.8 Å². The molecule has 18 nitrogen and oxygen atoms in total. The van der Waals surface area contributed by atoms with E-state index in [1.807, 2.05) is 6.92 Å². The van der Waals surface area contributed by atoms with Gasteiger partial charge in [0.05, 0.1) is 55.1 Å². The van der Waals surface area contributed by atoms with E-state index < -0.39 is 172 Å². The van der Waals surface area contributed by atoms with Crippen LogP contribution in [0.3, 0.4) is 0 Å². The summed E-state index contributed by atoms with van der Waals surface area (Å²) in [5, 5.41) is 0. The molecule has 0 fully saturated rings. The van der Waals surface area contributed by atoms with E-state index in [-0.39, 0.29) is 13.2 Å². The summed E-state index contributed by atoms with van der Waals surface area (Å²) in [5.74, 6) is -15.2. The van der Waals surface area contributed by atoms with Crippen molar-refractivity contribution < 1.29 is 130 Å². The first-order chi connectivity index (χ1) is 32.6. The van der Waals surface area contributed by atoms with Gasteiger partial charge in [-0.05, 0) is 74.7 Å². The van der Waals surface area contributed by atoms with Crippen LogP contribution in [0.1, 0.15) is 140 Å². The predicted molar refractivity (Wildman–Crippen MR) is 226 cm³/mol. The lowest BCUT2D eigenvalue weighted by Crippen LogP contribution is -2.31. The molecule has 0 saturated heterocycles. The van der Waals surface area contributed by atoms with Crippen molar-refractivity contribution in [1.29, 1.82) is 0 Å². The Bertz CT molecular complexity index is 1740. The highest BCUT2D eigenvalue weighted by Crippen LogP contribution is 2.32. The Labute approximate surface area is 410 Å². The smallest absolute Gasteiger partial charge is 0.425 e. The summed E-state index contributed by atoms with van der Waals surface area (Å²) >= 11 is 0. The SMILES string of the molecule is CCC(C)(C)C(=O)OCCOC(=O)CCC(=O)OC(C)C(F)(F)F.CCC(C)(C)C(=O)OCOC(=O)CC(=O)OCCC(F)(F)CC(C)(F)F.CCC(C)(C)C(=O)OCOC(=O)CC(=O)OCCC(F)(F)F. The summed E-state index contributed by atoms with van der Waals surface area (Å²) in [6, 6.07) is 0. The molecule has 0 amide bonds. The lowest BCUT2D eigenvalue weighted by atomic mass is 9.91. The molecule has 0 aliphatic carbocycles. The van der Waals surface area contributed by atoms with Gasteiger partial charge >= 0.3 is 66.1 Å². The summed E-state index contributed by atoms with van der Waals surface area (Å²) in [5.41, 5.74) is -2.13. The highest BCUT2D eigenvalue weighted by atomic mass is 19.4. The summed E-state index contributed by atoms with van der Waals surface area (Å²) in [7, 11) is 0. The van der Waals surface area contributed by atoms with Gasteiger partial charge in [-0.3, -0.25) is 43.2 Å². The third-order valence-electron chi connectivity index (χ3n) is 9.54. The van der Waals surface area contributed by atoms with Crippen molar-refractivity contribution in [2.45, 2.75) is 171 Å². The van der Waals surface area contributed by atoms with Gasteiger partial charge in [-0.1, -0.05) is 20.8 Å². The Balaban J connectivity index is -0.000000995. The van der Waals surface area contributed by atoms with Crippen molar-refractivity contribution in [2.24, 2.45) is 16.2 Å². The van der Waals surface area contributed by atoms with Crippen LogP contribution in [0, 0.1) is 16.2 Å². The van der Waals surface area contributed by atoms with Crippen LogP contribution in [0.5, 0.6) is 0 Å². The fourth-order valence-electron chi connectivity index (χ4n) is 3.78. The van der Waals surface area contributed by atoms with Crippen molar-refractivity contribution in [3.8, 4) is 0 Å². The molecule has 0 spiro atoms. The maximum Gasteiger partial charge on any atom is 0.425 e. The molecule has 0 saturated carbocycles. The third kappa shape index (κ3) is 37.3. The van der Waals surface area contributed by atoms with E-state index >= 15 is 0 Å². The number of rotatable bonds is 28. The van der Waals surface area contributed by atoms with E-state index in [1.54, 1.807) is 55.4 Å². The second kappa shape index (κ2) is 32.6. The Hall–Kier alpha value is -5.47. The van der Waals surface area contributed by atoms with Gasteiger partial charge in [-0.25, -0.2) is 17.6 Å². The lowest BCUT2D eigenvalue weighted by Gasteiger charge is -2.20. The number of carbonyl (C=O) groups is 9. The van der Waals surface area contributed by atoms with Gasteiger partial charge in [-0.15, -0.1) is 0 Å². The second-order valence-corrected chi connectivity index (χ2v) is 17.4. The summed E-state index contributed by atoms with van der Waals surface area (Å²) in [6.07, 6.45) is -16.5. The number of ether oxygens (including phenoxy) is 9. The van der Waals surface area contributed by atoms with Gasteiger partial charge in [0, 0.05) is 6.42 Å². The third-order valence-corrected chi connectivity index (χ3v) is 9.54. The van der Waals surface area contributed by atoms with Crippen LogP contribution in [0.4, 0.5) is 43.9 Å². The molecule has 0 aromatic heterocycles. The molecule has 0 rings (SSSR count). The standard InChI is InChI=1S/C16H24F4O6.C15H23F3O6.C13H19F3O6/c1-5-14(2,3)13(23)26-10-25-12(22)8-11(21)24-7-6-16(19,20)9-15(4,17)18;1-5-14(3,4)13(21)23-9-8-22-11(19)6-7-12(20)24-10(2)15(16,17)18;1-4-12(2,3)11(19)22-8-21-10(18)7-9(17)20-6-5-13(14,15)16/h5-10H2,1-4H3;10H,5-9H2,1-4H3;4-8H2,1-3H3. The van der Waals surface area contributed by atoms with Crippen molar-refractivity contribution >= 4 is 53.7 Å². The normalized spacial score (nSPS) is 12.5. The Morgan fingerprint density at radius 1 is 0.417 bits per heavy atom. The maximum absolute atomic E-state index is 13.2. The van der Waals surface area contributed by atoms with Gasteiger partial charge in [-0.2, -0.15) is 26.3 Å². The average molecular weight is 1070 g/mol. The van der Waals surface area contributed by atoms with Crippen LogP contribution in [0.15, 0.2) is 0 Å². The van der Waals surface area contributed by atoms with Gasteiger partial charge < -0.3 is 42.6 Å². The van der Waals surface area contributed by atoms with E-state index in [9.17, 15) is 87.1 Å². The number of hydrogen-bond donors (Lipinski definition) is 0. The number of halogens is 10. The van der Waals surface area contributed by atoms with Gasteiger partial charge in [0.25, 0.3) is 11.8 Å². The van der Waals surface area contributed by atoms with E-state index in [0.29, 0.717) is 33.1 Å². The van der Waals surface area contributed by atoms with E-state index in [2.05, 4.69) is 23.7 Å². The first-order valence-corrected chi connectivity index (χ1v) is 21.9. The zero-order valence-electron chi connectivity index (χ0n) is 42.0. The first kappa shape index (κ1) is 70.8. The van der Waals surface area contributed by atoms with Gasteiger partial charge in [0.2, 0.25) is 13.6 Å². The molecule has 420 valence electrons. The fraction of sp³-hybridized carbons (Fsp3) is 0.795. The van der Waals surface area contributed by atoms with Crippen LogP contribution >= 0.6 is 0 Å². The molecule has 0 aromatic carbocycles. The zero-order valence-corrected chi connectivity index (χ0v) is 42.0. The molecule has 0 aliphatic rings. The van der Waals surface area contributed by atoms with E-state index in [4.69, 9.17) is 18.9 Å². The number of alkyl halides is 10. The molecular weight excluding hydrogens is 1010 g/mol. The summed E-state index contributed by atoms with van der Waals surface area (Å²) < 4.78 is 164. The topological polar surface area (TPSA) is 237 Å². The van der Waals surface area contributed by atoms with Crippen molar-refractivity contribution in [3.05, 3.63) is 0 Å². The number of carbonyl (C=O) groups excluding carboxylic acids is 9. The second-order valence-electron chi connectivity index (χ2n) is 17.4. The minimum Gasteiger partial charge on any atom is -0.465 e. The molecular formula is C44H66F10O18. The predicted octanol–water partition coefficient (Wildman–Crippen LogP) is 8.61. The summed E-state index contributed by atoms with van der Waals surface area (Å²) in [4.78, 5) is 102. The highest BCUT2D eigenvalue weighted by molar-refractivity contribution is 5.91.